The first-order chi connectivity index (χ1) is 12.6. The summed E-state index contributed by atoms with van der Waals surface area (Å²) in [5.74, 6) is 0.684. The molecule has 134 valence electrons. The van der Waals surface area contributed by atoms with Crippen LogP contribution < -0.4 is 4.90 Å². The molecule has 1 aromatic carbocycles. The van der Waals surface area contributed by atoms with E-state index in [9.17, 15) is 9.18 Å². The highest BCUT2D eigenvalue weighted by molar-refractivity contribution is 6.29. The number of aromatic nitrogens is 2. The van der Waals surface area contributed by atoms with E-state index in [2.05, 4.69) is 14.9 Å². The lowest BCUT2D eigenvalue weighted by atomic mass is 9.76. The average Bonchev–Trinajstić information content (AvgIpc) is 3.12. The first-order valence-electron chi connectivity index (χ1n) is 8.87. The van der Waals surface area contributed by atoms with Gasteiger partial charge in [0.15, 0.2) is 0 Å². The molecule has 0 aliphatic carbocycles. The Morgan fingerprint density at radius 2 is 2.00 bits per heavy atom. The molecule has 0 bridgehead atoms. The molecular formula is C19H18ClFN4O. The van der Waals surface area contributed by atoms with Gasteiger partial charge in [-0.05, 0) is 25.3 Å². The number of halogens is 2. The van der Waals surface area contributed by atoms with Crippen LogP contribution in [0.15, 0.2) is 36.7 Å². The Morgan fingerprint density at radius 1 is 1.19 bits per heavy atom. The van der Waals surface area contributed by atoms with Crippen molar-refractivity contribution >= 4 is 23.3 Å². The molecule has 3 fully saturated rings. The third-order valence-electron chi connectivity index (χ3n) is 6.01. The highest BCUT2D eigenvalue weighted by Gasteiger charge is 2.61. The van der Waals surface area contributed by atoms with Crippen LogP contribution in [0, 0.1) is 11.2 Å². The molecule has 2 unspecified atom stereocenters. The minimum absolute atomic E-state index is 0.143. The van der Waals surface area contributed by atoms with E-state index in [1.807, 2.05) is 11.0 Å². The number of hydrogen-bond donors (Lipinski definition) is 0. The summed E-state index contributed by atoms with van der Waals surface area (Å²) in [6.45, 7) is 1.27. The number of fused-ring (bicyclic) bond motifs is 1. The normalized spacial score (nSPS) is 26.3. The summed E-state index contributed by atoms with van der Waals surface area (Å²) >= 11 is 5.94. The molecule has 3 aliphatic heterocycles. The number of hydrogen-bond acceptors (Lipinski definition) is 4. The lowest BCUT2D eigenvalue weighted by Crippen LogP contribution is -2.60. The molecule has 4 heterocycles. The Hall–Kier alpha value is -2.21. The second-order valence-corrected chi connectivity index (χ2v) is 7.91. The van der Waals surface area contributed by atoms with E-state index >= 15 is 0 Å². The van der Waals surface area contributed by atoms with Crippen molar-refractivity contribution in [2.24, 2.45) is 5.41 Å². The number of amides is 1. The van der Waals surface area contributed by atoms with Gasteiger partial charge in [0.1, 0.15) is 23.1 Å². The molecule has 3 aliphatic rings. The molecule has 26 heavy (non-hydrogen) atoms. The maximum Gasteiger partial charge on any atom is 0.233 e. The molecular weight excluding hydrogens is 355 g/mol. The molecule has 3 saturated heterocycles. The van der Waals surface area contributed by atoms with Crippen molar-refractivity contribution in [2.45, 2.75) is 31.3 Å². The summed E-state index contributed by atoms with van der Waals surface area (Å²) < 4.78 is 14.3. The summed E-state index contributed by atoms with van der Waals surface area (Å²) in [6.07, 6.45) is 4.04. The predicted molar refractivity (Wildman–Crippen MR) is 95.3 cm³/mol. The predicted octanol–water partition coefficient (Wildman–Crippen LogP) is 3.21. The van der Waals surface area contributed by atoms with Gasteiger partial charge in [0.2, 0.25) is 5.91 Å². The van der Waals surface area contributed by atoms with Crippen LogP contribution in [0.3, 0.4) is 0 Å². The Bertz CT molecular complexity index is 885. The zero-order valence-corrected chi connectivity index (χ0v) is 14.9. The fourth-order valence-corrected chi connectivity index (χ4v) is 5.00. The quantitative estimate of drug-likeness (QED) is 0.759. The fourth-order valence-electron chi connectivity index (χ4n) is 4.86. The van der Waals surface area contributed by atoms with E-state index in [1.165, 1.54) is 12.4 Å². The van der Waals surface area contributed by atoms with Crippen LogP contribution in [-0.4, -0.2) is 39.9 Å². The summed E-state index contributed by atoms with van der Waals surface area (Å²) in [7, 11) is 0. The Kier molecular flexibility index (Phi) is 3.47. The summed E-state index contributed by atoms with van der Waals surface area (Å²) in [6, 6.07) is 8.59. The average molecular weight is 373 g/mol. The first kappa shape index (κ1) is 16.0. The van der Waals surface area contributed by atoms with Crippen molar-refractivity contribution in [1.82, 2.24) is 14.9 Å². The van der Waals surface area contributed by atoms with Gasteiger partial charge in [-0.1, -0.05) is 29.8 Å². The number of nitrogens with zero attached hydrogens (tertiary/aromatic N) is 4. The second kappa shape index (κ2) is 5.64. The number of benzene rings is 1. The largest absolute Gasteiger partial charge is 0.354 e. The SMILES string of the molecule is O=C1N2C(CCC2c2ccccc2F)CC12CN(c1cc(Cl)ncn1)C2. The number of rotatable bonds is 2. The molecule has 5 nitrogen and oxygen atoms in total. The summed E-state index contributed by atoms with van der Waals surface area (Å²) in [5, 5.41) is 0.397. The van der Waals surface area contributed by atoms with Gasteiger partial charge in [-0.3, -0.25) is 4.79 Å². The van der Waals surface area contributed by atoms with Crippen LogP contribution in [0.4, 0.5) is 10.2 Å². The van der Waals surface area contributed by atoms with Crippen LogP contribution in [0.1, 0.15) is 30.9 Å². The monoisotopic (exact) mass is 372 g/mol. The van der Waals surface area contributed by atoms with Crippen LogP contribution in [0.2, 0.25) is 5.15 Å². The fraction of sp³-hybridized carbons (Fsp3) is 0.421. The summed E-state index contributed by atoms with van der Waals surface area (Å²) in [5.41, 5.74) is 0.269. The highest BCUT2D eigenvalue weighted by Crippen LogP contribution is 2.53. The number of carbonyl (C=O) groups is 1. The molecule has 2 aromatic rings. The van der Waals surface area contributed by atoms with Crippen molar-refractivity contribution in [3.63, 3.8) is 0 Å². The molecule has 1 amide bonds. The van der Waals surface area contributed by atoms with Gasteiger partial charge in [0.05, 0.1) is 11.5 Å². The molecule has 5 rings (SSSR count). The van der Waals surface area contributed by atoms with Gasteiger partial charge in [-0.15, -0.1) is 0 Å². The standard InChI is InChI=1S/C19H18ClFN4O/c20-16-7-17(23-11-22-16)24-9-19(10-24)8-12-5-6-15(25(12)18(19)26)13-3-1-2-4-14(13)21/h1-4,7,11-12,15H,5-6,8-10H2. The molecule has 0 saturated carbocycles. The molecule has 2 atom stereocenters. The maximum absolute atomic E-state index is 14.3. The van der Waals surface area contributed by atoms with E-state index in [0.29, 0.717) is 23.8 Å². The highest BCUT2D eigenvalue weighted by atomic mass is 35.5. The van der Waals surface area contributed by atoms with E-state index in [4.69, 9.17) is 11.6 Å². The van der Waals surface area contributed by atoms with E-state index in [0.717, 1.165) is 25.1 Å². The molecule has 1 aromatic heterocycles. The van der Waals surface area contributed by atoms with Gasteiger partial charge in [0.25, 0.3) is 0 Å². The Balaban J connectivity index is 1.38. The summed E-state index contributed by atoms with van der Waals surface area (Å²) in [4.78, 5) is 25.4. The van der Waals surface area contributed by atoms with Gasteiger partial charge < -0.3 is 9.80 Å². The van der Waals surface area contributed by atoms with Crippen molar-refractivity contribution in [3.8, 4) is 0 Å². The van der Waals surface area contributed by atoms with Crippen LogP contribution >= 0.6 is 11.6 Å². The van der Waals surface area contributed by atoms with Crippen LogP contribution in [0.5, 0.6) is 0 Å². The van der Waals surface area contributed by atoms with Crippen LogP contribution in [-0.2, 0) is 4.79 Å². The number of anilines is 1. The van der Waals surface area contributed by atoms with Gasteiger partial charge in [0, 0.05) is 30.8 Å². The Labute approximate surface area is 155 Å². The minimum atomic E-state index is -0.369. The maximum atomic E-state index is 14.3. The lowest BCUT2D eigenvalue weighted by molar-refractivity contribution is -0.139. The van der Waals surface area contributed by atoms with E-state index in [1.54, 1.807) is 18.2 Å². The smallest absolute Gasteiger partial charge is 0.233 e. The van der Waals surface area contributed by atoms with Gasteiger partial charge in [-0.25, -0.2) is 14.4 Å². The van der Waals surface area contributed by atoms with E-state index in [-0.39, 0.29) is 29.2 Å². The second-order valence-electron chi connectivity index (χ2n) is 7.52. The third-order valence-corrected chi connectivity index (χ3v) is 6.22. The molecule has 7 heteroatoms. The Morgan fingerprint density at radius 3 is 2.77 bits per heavy atom. The lowest BCUT2D eigenvalue weighted by Gasteiger charge is -2.47. The first-order valence-corrected chi connectivity index (χ1v) is 9.25. The van der Waals surface area contributed by atoms with Gasteiger partial charge >= 0.3 is 0 Å². The molecule has 0 radical (unpaired) electrons. The minimum Gasteiger partial charge on any atom is -0.354 e. The van der Waals surface area contributed by atoms with Gasteiger partial charge in [-0.2, -0.15) is 0 Å². The van der Waals surface area contributed by atoms with Crippen molar-refractivity contribution in [3.05, 3.63) is 53.2 Å². The van der Waals surface area contributed by atoms with Crippen molar-refractivity contribution in [2.75, 3.05) is 18.0 Å². The third kappa shape index (κ3) is 2.24. The molecule has 0 N–H and O–H groups in total. The van der Waals surface area contributed by atoms with Crippen LogP contribution in [0.25, 0.3) is 0 Å². The topological polar surface area (TPSA) is 49.3 Å². The van der Waals surface area contributed by atoms with E-state index < -0.39 is 0 Å². The molecule has 1 spiro atoms. The van der Waals surface area contributed by atoms with Crippen molar-refractivity contribution < 1.29 is 9.18 Å². The zero-order valence-electron chi connectivity index (χ0n) is 14.1. The number of carbonyl (C=O) groups excluding carboxylic acids is 1. The zero-order chi connectivity index (χ0) is 17.9. The van der Waals surface area contributed by atoms with Crippen molar-refractivity contribution in [1.29, 1.82) is 0 Å².